The molecule has 0 fully saturated rings. The molecule has 0 aliphatic carbocycles. The van der Waals surface area contributed by atoms with Crippen LogP contribution in [-0.4, -0.2) is 55.0 Å². The molecule has 3 aromatic rings. The minimum atomic E-state index is -3.79. The second-order valence-electron chi connectivity index (χ2n) is 7.68. The molecule has 0 radical (unpaired) electrons. The van der Waals surface area contributed by atoms with Crippen LogP contribution < -0.4 is 5.32 Å². The van der Waals surface area contributed by atoms with E-state index in [0.717, 1.165) is 32.9 Å². The van der Waals surface area contributed by atoms with Crippen LogP contribution in [0.5, 0.6) is 0 Å². The average Bonchev–Trinajstić information content (AvgIpc) is 3.09. The Balaban J connectivity index is 1.75. The van der Waals surface area contributed by atoms with Gasteiger partial charge in [-0.2, -0.15) is 4.31 Å². The number of hydrogen-bond donors (Lipinski definition) is 1. The SMILES string of the molecule is CCOCCCn1c(NC(=O)CN(C)S(=O)(=O)c2ccc(C)c(C)c2)nc2ccccc21. The number of aromatic nitrogens is 2. The van der Waals surface area contributed by atoms with Crippen molar-refractivity contribution in [1.82, 2.24) is 13.9 Å². The third-order valence-corrected chi connectivity index (χ3v) is 7.13. The molecule has 0 aliphatic rings. The first-order valence-electron chi connectivity index (χ1n) is 10.6. The Morgan fingerprint density at radius 1 is 1.16 bits per heavy atom. The van der Waals surface area contributed by atoms with Gasteiger partial charge in [0.25, 0.3) is 0 Å². The lowest BCUT2D eigenvalue weighted by molar-refractivity contribution is -0.116. The van der Waals surface area contributed by atoms with Crippen LogP contribution in [0.3, 0.4) is 0 Å². The number of carbonyl (C=O) groups is 1. The van der Waals surface area contributed by atoms with Gasteiger partial charge in [-0.1, -0.05) is 18.2 Å². The zero-order valence-corrected chi connectivity index (χ0v) is 19.8. The highest BCUT2D eigenvalue weighted by molar-refractivity contribution is 7.89. The topological polar surface area (TPSA) is 93.5 Å². The molecule has 0 aliphatic heterocycles. The number of likely N-dealkylation sites (N-methyl/N-ethyl adjacent to an activating group) is 1. The number of carbonyl (C=O) groups excluding carboxylic acids is 1. The quantitative estimate of drug-likeness (QED) is 0.470. The van der Waals surface area contributed by atoms with Crippen LogP contribution in [0, 0.1) is 13.8 Å². The second-order valence-corrected chi connectivity index (χ2v) is 9.73. The number of imidazole rings is 1. The summed E-state index contributed by atoms with van der Waals surface area (Å²) in [5, 5.41) is 2.78. The van der Waals surface area contributed by atoms with Crippen LogP contribution in [0.25, 0.3) is 11.0 Å². The molecule has 8 nitrogen and oxygen atoms in total. The Bertz CT molecular complexity index is 1200. The smallest absolute Gasteiger partial charge is 0.243 e. The monoisotopic (exact) mass is 458 g/mol. The molecule has 1 N–H and O–H groups in total. The van der Waals surface area contributed by atoms with Crippen LogP contribution in [0.1, 0.15) is 24.5 Å². The fourth-order valence-corrected chi connectivity index (χ4v) is 4.58. The number of aryl methyl sites for hydroxylation is 3. The minimum absolute atomic E-state index is 0.166. The van der Waals surface area contributed by atoms with E-state index in [2.05, 4.69) is 10.3 Å². The standard InChI is InChI=1S/C23H30N4O4S/c1-5-31-14-8-13-27-21-10-7-6-9-20(21)24-23(27)25-22(28)16-26(4)32(29,30)19-12-11-17(2)18(3)15-19/h6-7,9-12,15H,5,8,13-14,16H2,1-4H3,(H,24,25,28). The number of rotatable bonds is 10. The molecule has 32 heavy (non-hydrogen) atoms. The highest BCUT2D eigenvalue weighted by Crippen LogP contribution is 2.21. The van der Waals surface area contributed by atoms with Crippen LogP contribution >= 0.6 is 0 Å². The zero-order chi connectivity index (χ0) is 23.3. The number of para-hydroxylation sites is 2. The van der Waals surface area contributed by atoms with E-state index in [9.17, 15) is 13.2 Å². The lowest BCUT2D eigenvalue weighted by atomic mass is 10.1. The summed E-state index contributed by atoms with van der Waals surface area (Å²) >= 11 is 0. The van der Waals surface area contributed by atoms with Gasteiger partial charge in [0.2, 0.25) is 21.9 Å². The van der Waals surface area contributed by atoms with Gasteiger partial charge in [-0.15, -0.1) is 0 Å². The van der Waals surface area contributed by atoms with Crippen molar-refractivity contribution in [2.45, 2.75) is 38.6 Å². The van der Waals surface area contributed by atoms with E-state index in [1.54, 1.807) is 18.2 Å². The first-order chi connectivity index (χ1) is 15.2. The fraction of sp³-hybridized carbons (Fsp3) is 0.391. The van der Waals surface area contributed by atoms with Gasteiger partial charge >= 0.3 is 0 Å². The highest BCUT2D eigenvalue weighted by Gasteiger charge is 2.24. The van der Waals surface area contributed by atoms with Gasteiger partial charge < -0.3 is 9.30 Å². The summed E-state index contributed by atoms with van der Waals surface area (Å²) in [4.78, 5) is 17.4. The third-order valence-electron chi connectivity index (χ3n) is 5.33. The van der Waals surface area contributed by atoms with Crippen molar-refractivity contribution in [2.75, 3.05) is 32.1 Å². The van der Waals surface area contributed by atoms with E-state index in [4.69, 9.17) is 4.74 Å². The summed E-state index contributed by atoms with van der Waals surface area (Å²) in [5.74, 6) is -0.0639. The van der Waals surface area contributed by atoms with Gasteiger partial charge in [-0.05, 0) is 62.6 Å². The van der Waals surface area contributed by atoms with E-state index >= 15 is 0 Å². The highest BCUT2D eigenvalue weighted by atomic mass is 32.2. The molecule has 0 unspecified atom stereocenters. The first kappa shape index (κ1) is 23.9. The summed E-state index contributed by atoms with van der Waals surface area (Å²) in [6.07, 6.45) is 0.762. The number of hydrogen-bond acceptors (Lipinski definition) is 5. The van der Waals surface area contributed by atoms with Crippen LogP contribution in [0.4, 0.5) is 5.95 Å². The van der Waals surface area contributed by atoms with Gasteiger partial charge in [0, 0.05) is 26.8 Å². The molecule has 0 saturated heterocycles. The number of nitrogens with zero attached hydrogens (tertiary/aromatic N) is 3. The fourth-order valence-electron chi connectivity index (χ4n) is 3.37. The molecular formula is C23H30N4O4S. The number of nitrogens with one attached hydrogen (secondary N) is 1. The number of sulfonamides is 1. The number of anilines is 1. The van der Waals surface area contributed by atoms with Crippen molar-refractivity contribution in [2.24, 2.45) is 0 Å². The molecule has 0 atom stereocenters. The van der Waals surface area contributed by atoms with Crippen molar-refractivity contribution in [1.29, 1.82) is 0 Å². The van der Waals surface area contributed by atoms with Crippen molar-refractivity contribution < 1.29 is 17.9 Å². The van der Waals surface area contributed by atoms with Gasteiger partial charge in [0.05, 0.1) is 22.5 Å². The maximum Gasteiger partial charge on any atom is 0.243 e. The molecule has 1 heterocycles. The van der Waals surface area contributed by atoms with Crippen LogP contribution in [0.2, 0.25) is 0 Å². The van der Waals surface area contributed by atoms with Crippen molar-refractivity contribution >= 4 is 32.9 Å². The molecule has 172 valence electrons. The summed E-state index contributed by atoms with van der Waals surface area (Å²) < 4.78 is 34.2. The zero-order valence-electron chi connectivity index (χ0n) is 19.0. The predicted octanol–water partition coefficient (Wildman–Crippen LogP) is 3.34. The van der Waals surface area contributed by atoms with E-state index < -0.39 is 15.9 Å². The molecule has 2 aromatic carbocycles. The van der Waals surface area contributed by atoms with Gasteiger partial charge in [0.1, 0.15) is 0 Å². The maximum atomic E-state index is 12.9. The average molecular weight is 459 g/mol. The summed E-state index contributed by atoms with van der Waals surface area (Å²) in [6, 6.07) is 12.6. The van der Waals surface area contributed by atoms with E-state index in [1.807, 2.05) is 49.6 Å². The summed E-state index contributed by atoms with van der Waals surface area (Å²) in [5.41, 5.74) is 3.54. The summed E-state index contributed by atoms with van der Waals surface area (Å²) in [6.45, 7) is 7.27. The van der Waals surface area contributed by atoms with Gasteiger partial charge in [0.15, 0.2) is 0 Å². The Morgan fingerprint density at radius 2 is 1.91 bits per heavy atom. The molecule has 1 amide bonds. The van der Waals surface area contributed by atoms with Gasteiger partial charge in [-0.3, -0.25) is 10.1 Å². The Labute approximate surface area is 189 Å². The Kier molecular flexibility index (Phi) is 7.65. The minimum Gasteiger partial charge on any atom is -0.382 e. The first-order valence-corrected chi connectivity index (χ1v) is 12.0. The number of amides is 1. The molecule has 0 bridgehead atoms. The number of benzene rings is 2. The maximum absolute atomic E-state index is 12.9. The lowest BCUT2D eigenvalue weighted by Crippen LogP contribution is -2.35. The molecule has 0 spiro atoms. The van der Waals surface area contributed by atoms with Crippen LogP contribution in [-0.2, 0) is 26.1 Å². The summed E-state index contributed by atoms with van der Waals surface area (Å²) in [7, 11) is -2.39. The van der Waals surface area contributed by atoms with Gasteiger partial charge in [-0.25, -0.2) is 13.4 Å². The lowest BCUT2D eigenvalue weighted by Gasteiger charge is -2.18. The van der Waals surface area contributed by atoms with Crippen molar-refractivity contribution in [3.05, 3.63) is 53.6 Å². The molecule has 1 aromatic heterocycles. The van der Waals surface area contributed by atoms with E-state index in [-0.39, 0.29) is 11.4 Å². The molecule has 3 rings (SSSR count). The number of fused-ring (bicyclic) bond motifs is 1. The molecule has 9 heteroatoms. The van der Waals surface area contributed by atoms with Crippen molar-refractivity contribution in [3.63, 3.8) is 0 Å². The third kappa shape index (κ3) is 5.35. The Hall–Kier alpha value is -2.75. The largest absolute Gasteiger partial charge is 0.382 e. The van der Waals surface area contributed by atoms with E-state index in [1.165, 1.54) is 7.05 Å². The second kappa shape index (κ2) is 10.2. The molecular weight excluding hydrogens is 428 g/mol. The normalized spacial score (nSPS) is 11.9. The van der Waals surface area contributed by atoms with Crippen molar-refractivity contribution in [3.8, 4) is 0 Å². The Morgan fingerprint density at radius 3 is 2.62 bits per heavy atom. The predicted molar refractivity (Wildman–Crippen MR) is 125 cm³/mol. The number of ether oxygens (including phenoxy) is 1. The molecule has 0 saturated carbocycles. The van der Waals surface area contributed by atoms with Crippen LogP contribution in [0.15, 0.2) is 47.4 Å². The van der Waals surface area contributed by atoms with E-state index in [0.29, 0.717) is 25.7 Å².